The van der Waals surface area contributed by atoms with Gasteiger partial charge in [0, 0.05) is 13.1 Å². The highest BCUT2D eigenvalue weighted by atomic mass is 16.3. The Bertz CT molecular complexity index is 540. The second-order valence-electron chi connectivity index (χ2n) is 10.2. The minimum absolute atomic E-state index is 0.0424. The van der Waals surface area contributed by atoms with E-state index in [1.54, 1.807) is 10.0 Å². The fourth-order valence-corrected chi connectivity index (χ4v) is 4.82. The molecule has 0 aliphatic carbocycles. The van der Waals surface area contributed by atoms with Crippen molar-refractivity contribution in [3.8, 4) is 0 Å². The Morgan fingerprint density at radius 3 is 1.06 bits per heavy atom. The maximum Gasteiger partial charge on any atom is 0.281 e. The van der Waals surface area contributed by atoms with Crippen molar-refractivity contribution < 1.29 is 14.7 Å². The predicted molar refractivity (Wildman–Crippen MR) is 142 cm³/mol. The quantitative estimate of drug-likeness (QED) is 0.0737. The van der Waals surface area contributed by atoms with Crippen molar-refractivity contribution in [1.82, 2.24) is 10.0 Å². The molecule has 1 rings (SSSR count). The van der Waals surface area contributed by atoms with Crippen molar-refractivity contribution in [2.24, 2.45) is 0 Å². The van der Waals surface area contributed by atoms with Gasteiger partial charge in [-0.25, -0.2) is 10.0 Å². The maximum absolute atomic E-state index is 12.8. The summed E-state index contributed by atoms with van der Waals surface area (Å²) in [6.07, 6.45) is 24.8. The highest BCUT2D eigenvalue weighted by Gasteiger charge is 2.41. The predicted octanol–water partition coefficient (Wildman–Crippen LogP) is 8.25. The number of aliphatic hydroxyl groups excluding tert-OH is 1. The van der Waals surface area contributed by atoms with Gasteiger partial charge in [-0.1, -0.05) is 129 Å². The molecule has 1 N–H and O–H groups in total. The van der Waals surface area contributed by atoms with Gasteiger partial charge in [0.05, 0.1) is 0 Å². The number of aliphatic hydroxyl groups is 1. The third-order valence-electron chi connectivity index (χ3n) is 7.00. The Kier molecular flexibility index (Phi) is 17.7. The molecule has 0 spiro atoms. The molecular formula is C29H54N2O3. The zero-order valence-electron chi connectivity index (χ0n) is 22.7. The van der Waals surface area contributed by atoms with E-state index in [2.05, 4.69) is 13.8 Å². The lowest BCUT2D eigenvalue weighted by Gasteiger charge is -2.27. The van der Waals surface area contributed by atoms with Crippen LogP contribution >= 0.6 is 0 Å². The first kappa shape index (κ1) is 30.5. The molecule has 0 aromatic heterocycles. The molecule has 1 aliphatic rings. The van der Waals surface area contributed by atoms with E-state index < -0.39 is 0 Å². The third-order valence-corrected chi connectivity index (χ3v) is 7.00. The molecule has 0 saturated carbocycles. The molecule has 5 nitrogen and oxygen atoms in total. The number of hydrazine groups is 1. The fraction of sp³-hybridized carbons (Fsp3) is 0.862. The summed E-state index contributed by atoms with van der Waals surface area (Å²) in [5.74, 6) is -0.811. The molecule has 1 fully saturated rings. The molecule has 0 bridgehead atoms. The van der Waals surface area contributed by atoms with E-state index in [9.17, 15) is 14.7 Å². The average Bonchev–Trinajstić information content (AvgIpc) is 3.05. The second-order valence-corrected chi connectivity index (χ2v) is 10.2. The first-order valence-corrected chi connectivity index (χ1v) is 14.6. The number of hydrogen-bond donors (Lipinski definition) is 1. The number of carbonyl (C=O) groups excluding carboxylic acids is 2. The van der Waals surface area contributed by atoms with Crippen LogP contribution in [0, 0.1) is 0 Å². The molecule has 1 heterocycles. The van der Waals surface area contributed by atoms with Gasteiger partial charge in [-0.3, -0.25) is 9.59 Å². The zero-order chi connectivity index (χ0) is 25.0. The standard InChI is InChI=1S/C29H54N2O3/c1-4-6-8-10-12-14-16-18-20-22-24-30-28(33)27(26(3)32)29(34)31(30)25-23-21-19-17-15-13-11-9-7-5-2/h32H,4-25H2,1-3H3. The number of unbranched alkanes of at least 4 members (excludes halogenated alkanes) is 18. The minimum atomic E-state index is -0.326. The average molecular weight is 479 g/mol. The lowest BCUT2D eigenvalue weighted by Crippen LogP contribution is -2.42. The summed E-state index contributed by atoms with van der Waals surface area (Å²) in [6, 6.07) is 0. The SMILES string of the molecule is CCCCCCCCCCCCN1C(=O)C(=C(C)O)C(=O)N1CCCCCCCCCCCC. The van der Waals surface area contributed by atoms with Gasteiger partial charge in [-0.05, 0) is 19.8 Å². The van der Waals surface area contributed by atoms with E-state index >= 15 is 0 Å². The fourth-order valence-electron chi connectivity index (χ4n) is 4.82. The normalized spacial score (nSPS) is 14.0. The van der Waals surface area contributed by atoms with E-state index in [-0.39, 0.29) is 23.1 Å². The lowest BCUT2D eigenvalue weighted by atomic mass is 10.1. The van der Waals surface area contributed by atoms with Gasteiger partial charge in [0.1, 0.15) is 11.3 Å². The van der Waals surface area contributed by atoms with Gasteiger partial charge >= 0.3 is 0 Å². The van der Waals surface area contributed by atoms with Crippen LogP contribution < -0.4 is 0 Å². The van der Waals surface area contributed by atoms with Crippen LogP contribution in [-0.4, -0.2) is 40.0 Å². The molecule has 1 saturated heterocycles. The highest BCUT2D eigenvalue weighted by Crippen LogP contribution is 2.23. The molecule has 198 valence electrons. The van der Waals surface area contributed by atoms with Crippen LogP contribution in [0.25, 0.3) is 0 Å². The molecule has 1 aliphatic heterocycles. The largest absolute Gasteiger partial charge is 0.512 e. The number of amides is 2. The molecule has 0 atom stereocenters. The van der Waals surface area contributed by atoms with Crippen molar-refractivity contribution in [2.45, 2.75) is 149 Å². The van der Waals surface area contributed by atoms with Crippen LogP contribution in [0.5, 0.6) is 0 Å². The van der Waals surface area contributed by atoms with Gasteiger partial charge in [0.15, 0.2) is 0 Å². The summed E-state index contributed by atoms with van der Waals surface area (Å²) in [5.41, 5.74) is -0.0424. The van der Waals surface area contributed by atoms with E-state index in [1.807, 2.05) is 0 Å². The van der Waals surface area contributed by atoms with Gasteiger partial charge in [-0.15, -0.1) is 0 Å². The Morgan fingerprint density at radius 1 is 0.529 bits per heavy atom. The van der Waals surface area contributed by atoms with Crippen LogP contribution in [0.4, 0.5) is 0 Å². The Hall–Kier alpha value is -1.52. The van der Waals surface area contributed by atoms with E-state index in [0.29, 0.717) is 13.1 Å². The van der Waals surface area contributed by atoms with Gasteiger partial charge in [-0.2, -0.15) is 0 Å². The first-order chi connectivity index (χ1) is 16.5. The summed E-state index contributed by atoms with van der Waals surface area (Å²) in [7, 11) is 0. The molecule has 0 aromatic rings. The smallest absolute Gasteiger partial charge is 0.281 e. The molecule has 5 heteroatoms. The van der Waals surface area contributed by atoms with Crippen molar-refractivity contribution in [3.05, 3.63) is 11.3 Å². The van der Waals surface area contributed by atoms with Gasteiger partial charge in [0.2, 0.25) is 0 Å². The van der Waals surface area contributed by atoms with Gasteiger partial charge < -0.3 is 5.11 Å². The number of carbonyl (C=O) groups is 2. The van der Waals surface area contributed by atoms with E-state index in [1.165, 1.54) is 110 Å². The number of nitrogens with zero attached hydrogens (tertiary/aromatic N) is 2. The van der Waals surface area contributed by atoms with Crippen molar-refractivity contribution >= 4 is 11.8 Å². The monoisotopic (exact) mass is 478 g/mol. The number of rotatable bonds is 22. The van der Waals surface area contributed by atoms with Crippen molar-refractivity contribution in [1.29, 1.82) is 0 Å². The van der Waals surface area contributed by atoms with Crippen LogP contribution in [0.15, 0.2) is 11.3 Å². The Balaban J connectivity index is 2.30. The first-order valence-electron chi connectivity index (χ1n) is 14.6. The van der Waals surface area contributed by atoms with Crippen LogP contribution in [0.1, 0.15) is 149 Å². The van der Waals surface area contributed by atoms with Crippen LogP contribution in [0.2, 0.25) is 0 Å². The topological polar surface area (TPSA) is 60.9 Å². The highest BCUT2D eigenvalue weighted by molar-refractivity contribution is 6.22. The third kappa shape index (κ3) is 12.3. The summed E-state index contributed by atoms with van der Waals surface area (Å²) < 4.78 is 0. The van der Waals surface area contributed by atoms with Crippen molar-refractivity contribution in [2.75, 3.05) is 13.1 Å². The Labute approximate surface area is 210 Å². The molecule has 34 heavy (non-hydrogen) atoms. The molecule has 0 unspecified atom stereocenters. The summed E-state index contributed by atoms with van der Waals surface area (Å²) in [4.78, 5) is 25.6. The second kappa shape index (κ2) is 19.8. The lowest BCUT2D eigenvalue weighted by molar-refractivity contribution is -0.147. The summed E-state index contributed by atoms with van der Waals surface area (Å²) in [6.45, 7) is 7.06. The number of allylic oxidation sites excluding steroid dienone is 1. The molecule has 0 radical (unpaired) electrons. The number of hydrogen-bond acceptors (Lipinski definition) is 3. The molecule has 2 amide bonds. The zero-order valence-corrected chi connectivity index (χ0v) is 22.7. The molecular weight excluding hydrogens is 424 g/mol. The van der Waals surface area contributed by atoms with Crippen LogP contribution in [0.3, 0.4) is 0 Å². The van der Waals surface area contributed by atoms with E-state index in [0.717, 1.165) is 25.7 Å². The van der Waals surface area contributed by atoms with Gasteiger partial charge in [0.25, 0.3) is 11.8 Å². The molecule has 0 aromatic carbocycles. The van der Waals surface area contributed by atoms with Crippen LogP contribution in [-0.2, 0) is 9.59 Å². The summed E-state index contributed by atoms with van der Waals surface area (Å²) >= 11 is 0. The Morgan fingerprint density at radius 2 is 0.794 bits per heavy atom. The maximum atomic E-state index is 12.8. The van der Waals surface area contributed by atoms with Crippen molar-refractivity contribution in [3.63, 3.8) is 0 Å². The summed E-state index contributed by atoms with van der Waals surface area (Å²) in [5, 5.41) is 13.1. The van der Waals surface area contributed by atoms with E-state index in [4.69, 9.17) is 0 Å². The minimum Gasteiger partial charge on any atom is -0.512 e.